The number of nitrogens with zero attached hydrogens (tertiary/aromatic N) is 1. The number of rotatable bonds is 6. The van der Waals surface area contributed by atoms with E-state index in [1.54, 1.807) is 13.1 Å². The lowest BCUT2D eigenvalue weighted by atomic mass is 10.2. The van der Waals surface area contributed by atoms with Crippen LogP contribution in [0.2, 0.25) is 0 Å². The van der Waals surface area contributed by atoms with Gasteiger partial charge in [-0.3, -0.25) is 4.99 Å². The summed E-state index contributed by atoms with van der Waals surface area (Å²) < 4.78 is 5.64. The van der Waals surface area contributed by atoms with E-state index in [1.165, 1.54) is 6.42 Å². The van der Waals surface area contributed by atoms with Gasteiger partial charge in [-0.05, 0) is 18.4 Å². The van der Waals surface area contributed by atoms with E-state index in [9.17, 15) is 0 Å². The molecule has 4 nitrogen and oxygen atoms in total. The van der Waals surface area contributed by atoms with Gasteiger partial charge in [0.25, 0.3) is 0 Å². The van der Waals surface area contributed by atoms with E-state index in [2.05, 4.69) is 35.2 Å². The minimum Gasteiger partial charge on any atom is -0.489 e. The third-order valence-electron chi connectivity index (χ3n) is 3.43. The van der Waals surface area contributed by atoms with Gasteiger partial charge in [0.05, 0.1) is 0 Å². The molecule has 108 valence electrons. The minimum absolute atomic E-state index is 0.517. The maximum Gasteiger partial charge on any atom is 0.191 e. The molecule has 1 aliphatic rings. The molecule has 1 aromatic rings. The zero-order valence-corrected chi connectivity index (χ0v) is 12.2. The van der Waals surface area contributed by atoms with Gasteiger partial charge < -0.3 is 15.4 Å². The molecule has 20 heavy (non-hydrogen) atoms. The van der Waals surface area contributed by atoms with Crippen LogP contribution in [0.4, 0.5) is 0 Å². The van der Waals surface area contributed by atoms with Crippen molar-refractivity contribution in [2.75, 3.05) is 13.7 Å². The zero-order valence-electron chi connectivity index (χ0n) is 12.2. The molecule has 1 aromatic carbocycles. The Labute approximate surface area is 120 Å². The van der Waals surface area contributed by atoms with Crippen molar-refractivity contribution >= 4 is 5.96 Å². The van der Waals surface area contributed by atoms with Crippen LogP contribution in [0.25, 0.3) is 0 Å². The molecule has 0 bridgehead atoms. The summed E-state index contributed by atoms with van der Waals surface area (Å²) in [4.78, 5) is 4.25. The fraction of sp³-hybridized carbons (Fsp3) is 0.438. The van der Waals surface area contributed by atoms with Crippen molar-refractivity contribution in [2.24, 2.45) is 10.9 Å². The Morgan fingerprint density at radius 3 is 2.90 bits per heavy atom. The normalized spacial score (nSPS) is 21.2. The van der Waals surface area contributed by atoms with Gasteiger partial charge in [0, 0.05) is 25.2 Å². The average Bonchev–Trinajstić information content (AvgIpc) is 3.17. The average molecular weight is 273 g/mol. The SMILES string of the molecule is C=CCOc1ccccc1CNC(=NC)NC1CC1C. The molecule has 1 fully saturated rings. The quantitative estimate of drug-likeness (QED) is 0.475. The number of nitrogens with one attached hydrogen (secondary N) is 2. The van der Waals surface area contributed by atoms with Crippen molar-refractivity contribution in [3.8, 4) is 5.75 Å². The fourth-order valence-electron chi connectivity index (χ4n) is 2.01. The Morgan fingerprint density at radius 1 is 1.50 bits per heavy atom. The van der Waals surface area contributed by atoms with E-state index in [4.69, 9.17) is 4.74 Å². The highest BCUT2D eigenvalue weighted by molar-refractivity contribution is 5.80. The molecule has 2 rings (SSSR count). The van der Waals surface area contributed by atoms with Crippen LogP contribution in [0.15, 0.2) is 41.9 Å². The maximum atomic E-state index is 5.64. The first-order valence-electron chi connectivity index (χ1n) is 7.03. The van der Waals surface area contributed by atoms with Gasteiger partial charge in [0.15, 0.2) is 5.96 Å². The molecule has 0 aliphatic heterocycles. The molecule has 1 saturated carbocycles. The van der Waals surface area contributed by atoms with Crippen LogP contribution in [-0.2, 0) is 6.54 Å². The summed E-state index contributed by atoms with van der Waals surface area (Å²) in [6, 6.07) is 8.57. The second-order valence-corrected chi connectivity index (χ2v) is 5.10. The third kappa shape index (κ3) is 4.02. The van der Waals surface area contributed by atoms with Crippen molar-refractivity contribution < 1.29 is 4.74 Å². The summed E-state index contributed by atoms with van der Waals surface area (Å²) in [6.07, 6.45) is 2.97. The maximum absolute atomic E-state index is 5.64. The molecule has 2 atom stereocenters. The fourth-order valence-corrected chi connectivity index (χ4v) is 2.01. The molecule has 2 unspecified atom stereocenters. The molecule has 4 heteroatoms. The van der Waals surface area contributed by atoms with Gasteiger partial charge in [-0.2, -0.15) is 0 Å². The van der Waals surface area contributed by atoms with Crippen molar-refractivity contribution in [3.05, 3.63) is 42.5 Å². The summed E-state index contributed by atoms with van der Waals surface area (Å²) in [6.45, 7) is 7.12. The van der Waals surface area contributed by atoms with Crippen molar-refractivity contribution in [1.82, 2.24) is 10.6 Å². The molecular weight excluding hydrogens is 250 g/mol. The number of hydrogen-bond donors (Lipinski definition) is 2. The Kier molecular flexibility index (Phi) is 5.04. The Bertz CT molecular complexity index is 484. The van der Waals surface area contributed by atoms with E-state index >= 15 is 0 Å². The van der Waals surface area contributed by atoms with Crippen molar-refractivity contribution in [2.45, 2.75) is 25.9 Å². The first-order chi connectivity index (χ1) is 9.74. The number of hydrogen-bond acceptors (Lipinski definition) is 2. The Hall–Kier alpha value is -1.97. The molecule has 0 heterocycles. The van der Waals surface area contributed by atoms with Crippen LogP contribution in [0.1, 0.15) is 18.9 Å². The number of ether oxygens (including phenoxy) is 1. The van der Waals surface area contributed by atoms with Crippen LogP contribution in [0, 0.1) is 5.92 Å². The van der Waals surface area contributed by atoms with Gasteiger partial charge in [-0.15, -0.1) is 0 Å². The number of para-hydroxylation sites is 1. The number of guanidine groups is 1. The molecule has 0 radical (unpaired) electrons. The summed E-state index contributed by atoms with van der Waals surface area (Å²) in [7, 11) is 1.79. The minimum atomic E-state index is 0.517. The highest BCUT2D eigenvalue weighted by Gasteiger charge is 2.33. The summed E-state index contributed by atoms with van der Waals surface area (Å²) in [5.41, 5.74) is 1.11. The highest BCUT2D eigenvalue weighted by Crippen LogP contribution is 2.28. The number of aliphatic imine (C=N–C) groups is 1. The van der Waals surface area contributed by atoms with Gasteiger partial charge in [0.1, 0.15) is 12.4 Å². The van der Waals surface area contributed by atoms with E-state index in [0.29, 0.717) is 19.2 Å². The summed E-state index contributed by atoms with van der Waals surface area (Å²) >= 11 is 0. The Balaban J connectivity index is 1.90. The predicted octanol–water partition coefficient (Wildman–Crippen LogP) is 2.32. The smallest absolute Gasteiger partial charge is 0.191 e. The standard InChI is InChI=1S/C16H23N3O/c1-4-9-20-15-8-6-5-7-13(15)11-18-16(17-3)19-14-10-12(14)2/h4-8,12,14H,1,9-11H2,2-3H3,(H2,17,18,19). The lowest BCUT2D eigenvalue weighted by molar-refractivity contribution is 0.358. The largest absolute Gasteiger partial charge is 0.489 e. The molecule has 0 saturated heterocycles. The van der Waals surface area contributed by atoms with Crippen molar-refractivity contribution in [3.63, 3.8) is 0 Å². The molecule has 0 aromatic heterocycles. The summed E-state index contributed by atoms with van der Waals surface area (Å²) in [5, 5.41) is 6.73. The van der Waals surface area contributed by atoms with Crippen molar-refractivity contribution in [1.29, 1.82) is 0 Å². The van der Waals surface area contributed by atoms with Crippen LogP contribution in [0.5, 0.6) is 5.75 Å². The first-order valence-corrected chi connectivity index (χ1v) is 7.03. The lowest BCUT2D eigenvalue weighted by Gasteiger charge is -2.14. The second kappa shape index (κ2) is 6.98. The van der Waals surface area contributed by atoms with Gasteiger partial charge in [-0.1, -0.05) is 37.8 Å². The monoisotopic (exact) mass is 273 g/mol. The predicted molar refractivity (Wildman–Crippen MR) is 83.0 cm³/mol. The third-order valence-corrected chi connectivity index (χ3v) is 3.43. The first kappa shape index (κ1) is 14.4. The van der Waals surface area contributed by atoms with Crippen LogP contribution in [0.3, 0.4) is 0 Å². The van der Waals surface area contributed by atoms with E-state index in [0.717, 1.165) is 23.2 Å². The highest BCUT2D eigenvalue weighted by atomic mass is 16.5. The van der Waals surface area contributed by atoms with Crippen LogP contribution < -0.4 is 15.4 Å². The van der Waals surface area contributed by atoms with Gasteiger partial charge in [0.2, 0.25) is 0 Å². The molecule has 1 aliphatic carbocycles. The molecule has 2 N–H and O–H groups in total. The lowest BCUT2D eigenvalue weighted by Crippen LogP contribution is -2.38. The number of benzene rings is 1. The molecule has 0 amide bonds. The zero-order chi connectivity index (χ0) is 14.4. The topological polar surface area (TPSA) is 45.6 Å². The molecular formula is C16H23N3O. The van der Waals surface area contributed by atoms with E-state index in [-0.39, 0.29) is 0 Å². The van der Waals surface area contributed by atoms with Gasteiger partial charge >= 0.3 is 0 Å². The summed E-state index contributed by atoms with van der Waals surface area (Å²) in [5.74, 6) is 2.48. The van der Waals surface area contributed by atoms with E-state index in [1.807, 2.05) is 18.2 Å². The molecule has 0 spiro atoms. The van der Waals surface area contributed by atoms with Gasteiger partial charge in [-0.25, -0.2) is 0 Å². The van der Waals surface area contributed by atoms with Crippen LogP contribution >= 0.6 is 0 Å². The Morgan fingerprint density at radius 2 is 2.25 bits per heavy atom. The van der Waals surface area contributed by atoms with Crippen LogP contribution in [-0.4, -0.2) is 25.7 Å². The van der Waals surface area contributed by atoms with E-state index < -0.39 is 0 Å². The second-order valence-electron chi connectivity index (χ2n) is 5.10.